The summed E-state index contributed by atoms with van der Waals surface area (Å²) < 4.78 is 0. The summed E-state index contributed by atoms with van der Waals surface area (Å²) in [5.74, 6) is 0. The van der Waals surface area contributed by atoms with Crippen LogP contribution in [0, 0.1) is 0 Å². The van der Waals surface area contributed by atoms with Crippen LogP contribution in [0.1, 0.15) is 18.5 Å². The molecule has 15 heavy (non-hydrogen) atoms. The predicted octanol–water partition coefficient (Wildman–Crippen LogP) is 2.94. The Kier molecular flexibility index (Phi) is 4.87. The maximum Gasteiger partial charge on any atom is 0.0496 e. The van der Waals surface area contributed by atoms with Crippen LogP contribution >= 0.6 is 23.2 Å². The molecule has 0 radical (unpaired) electrons. The van der Waals surface area contributed by atoms with Crippen LogP contribution in [0.4, 0.5) is 0 Å². The number of rotatable bonds is 4. The minimum atomic E-state index is 0.0798. The van der Waals surface area contributed by atoms with Crippen LogP contribution in [-0.4, -0.2) is 25.0 Å². The fourth-order valence-electron chi connectivity index (χ4n) is 1.57. The molecular weight excluding hydrogens is 231 g/mol. The van der Waals surface area contributed by atoms with Crippen LogP contribution in [0.25, 0.3) is 0 Å². The first-order valence-corrected chi connectivity index (χ1v) is 5.71. The first-order valence-electron chi connectivity index (χ1n) is 4.96. The van der Waals surface area contributed by atoms with E-state index in [0.717, 1.165) is 12.1 Å². The molecule has 1 rings (SSSR count). The Labute approximate surface area is 101 Å². The molecule has 0 aliphatic carbocycles. The van der Waals surface area contributed by atoms with Gasteiger partial charge in [0, 0.05) is 28.2 Å². The van der Waals surface area contributed by atoms with Crippen LogP contribution in [0.15, 0.2) is 18.2 Å². The molecule has 4 heteroatoms. The third kappa shape index (κ3) is 2.85. The highest BCUT2D eigenvalue weighted by atomic mass is 35.5. The molecule has 0 aliphatic rings. The van der Waals surface area contributed by atoms with Crippen molar-refractivity contribution in [3.8, 4) is 0 Å². The van der Waals surface area contributed by atoms with Crippen molar-refractivity contribution in [3.05, 3.63) is 33.8 Å². The van der Waals surface area contributed by atoms with Crippen molar-refractivity contribution in [3.63, 3.8) is 0 Å². The molecule has 0 bridgehead atoms. The Morgan fingerprint density at radius 2 is 1.87 bits per heavy atom. The van der Waals surface area contributed by atoms with Gasteiger partial charge in [0.15, 0.2) is 0 Å². The standard InChI is InChI=1S/C11H16Cl2N2/c1-3-15(2)10(7-14)11-8(12)5-4-6-9(11)13/h4-6,10H,3,7,14H2,1-2H3. The maximum atomic E-state index is 6.14. The average Bonchev–Trinajstić information content (AvgIpc) is 2.22. The van der Waals surface area contributed by atoms with Crippen LogP contribution in [-0.2, 0) is 0 Å². The van der Waals surface area contributed by atoms with Gasteiger partial charge in [0.25, 0.3) is 0 Å². The van der Waals surface area contributed by atoms with Gasteiger partial charge in [-0.2, -0.15) is 0 Å². The highest BCUT2D eigenvalue weighted by Crippen LogP contribution is 2.32. The van der Waals surface area contributed by atoms with Crippen molar-refractivity contribution in [2.24, 2.45) is 5.73 Å². The van der Waals surface area contributed by atoms with Gasteiger partial charge in [0.05, 0.1) is 0 Å². The van der Waals surface area contributed by atoms with Crippen molar-refractivity contribution in [1.29, 1.82) is 0 Å². The molecule has 0 heterocycles. The second-order valence-corrected chi connectivity index (χ2v) is 4.27. The maximum absolute atomic E-state index is 6.14. The molecular formula is C11H16Cl2N2. The lowest BCUT2D eigenvalue weighted by atomic mass is 10.1. The summed E-state index contributed by atoms with van der Waals surface area (Å²) in [5, 5.41) is 1.36. The SMILES string of the molecule is CCN(C)C(CN)c1c(Cl)cccc1Cl. The van der Waals surface area contributed by atoms with Crippen molar-refractivity contribution in [1.82, 2.24) is 4.90 Å². The van der Waals surface area contributed by atoms with Crippen LogP contribution in [0.2, 0.25) is 10.0 Å². The van der Waals surface area contributed by atoms with Crippen LogP contribution in [0.5, 0.6) is 0 Å². The molecule has 1 atom stereocenters. The molecule has 1 aromatic carbocycles. The van der Waals surface area contributed by atoms with Gasteiger partial charge in [-0.15, -0.1) is 0 Å². The summed E-state index contributed by atoms with van der Waals surface area (Å²) in [5.41, 5.74) is 6.68. The molecule has 0 spiro atoms. The summed E-state index contributed by atoms with van der Waals surface area (Å²) in [6.07, 6.45) is 0. The Morgan fingerprint density at radius 3 is 2.27 bits per heavy atom. The van der Waals surface area contributed by atoms with E-state index in [1.807, 2.05) is 25.2 Å². The zero-order chi connectivity index (χ0) is 11.4. The molecule has 0 saturated heterocycles. The number of halogens is 2. The number of likely N-dealkylation sites (N-methyl/N-ethyl adjacent to an activating group) is 1. The third-order valence-corrected chi connectivity index (χ3v) is 3.25. The zero-order valence-electron chi connectivity index (χ0n) is 9.00. The molecule has 1 aromatic rings. The van der Waals surface area contributed by atoms with Crippen molar-refractivity contribution in [2.45, 2.75) is 13.0 Å². The Morgan fingerprint density at radius 1 is 1.33 bits per heavy atom. The molecule has 0 saturated carbocycles. The highest BCUT2D eigenvalue weighted by Gasteiger charge is 2.19. The van der Waals surface area contributed by atoms with E-state index in [9.17, 15) is 0 Å². The van der Waals surface area contributed by atoms with Gasteiger partial charge in [0.2, 0.25) is 0 Å². The van der Waals surface area contributed by atoms with Crippen LogP contribution in [0.3, 0.4) is 0 Å². The number of benzene rings is 1. The van der Waals surface area contributed by atoms with Gasteiger partial charge in [0.1, 0.15) is 0 Å². The fourth-order valence-corrected chi connectivity index (χ4v) is 2.22. The number of hydrogen-bond acceptors (Lipinski definition) is 2. The van der Waals surface area contributed by atoms with E-state index in [2.05, 4.69) is 11.8 Å². The van der Waals surface area contributed by atoms with Gasteiger partial charge in [-0.25, -0.2) is 0 Å². The van der Waals surface area contributed by atoms with Crippen molar-refractivity contribution in [2.75, 3.05) is 20.1 Å². The average molecular weight is 247 g/mol. The largest absolute Gasteiger partial charge is 0.329 e. The van der Waals surface area contributed by atoms with Gasteiger partial charge >= 0.3 is 0 Å². The van der Waals surface area contributed by atoms with Gasteiger partial charge < -0.3 is 5.73 Å². The monoisotopic (exact) mass is 246 g/mol. The predicted molar refractivity (Wildman–Crippen MR) is 66.6 cm³/mol. The number of hydrogen-bond donors (Lipinski definition) is 1. The lowest BCUT2D eigenvalue weighted by molar-refractivity contribution is 0.263. The molecule has 0 aromatic heterocycles. The molecule has 84 valence electrons. The van der Waals surface area contributed by atoms with E-state index < -0.39 is 0 Å². The quantitative estimate of drug-likeness (QED) is 0.886. The Balaban J connectivity index is 3.11. The second kappa shape index (κ2) is 5.71. The van der Waals surface area contributed by atoms with Gasteiger partial charge in [-0.1, -0.05) is 36.2 Å². The summed E-state index contributed by atoms with van der Waals surface area (Å²) in [4.78, 5) is 2.13. The Hall–Kier alpha value is -0.280. The fraction of sp³-hybridized carbons (Fsp3) is 0.455. The van der Waals surface area contributed by atoms with E-state index >= 15 is 0 Å². The van der Waals surface area contributed by atoms with Gasteiger partial charge in [-0.3, -0.25) is 4.90 Å². The van der Waals surface area contributed by atoms with E-state index in [1.165, 1.54) is 0 Å². The van der Waals surface area contributed by atoms with E-state index in [0.29, 0.717) is 16.6 Å². The molecule has 0 aliphatic heterocycles. The summed E-state index contributed by atoms with van der Waals surface area (Å²) >= 11 is 12.3. The van der Waals surface area contributed by atoms with E-state index in [4.69, 9.17) is 28.9 Å². The topological polar surface area (TPSA) is 29.3 Å². The summed E-state index contributed by atoms with van der Waals surface area (Å²) in [7, 11) is 2.01. The van der Waals surface area contributed by atoms with Gasteiger partial charge in [-0.05, 0) is 25.7 Å². The van der Waals surface area contributed by atoms with E-state index in [-0.39, 0.29) is 6.04 Å². The first-order chi connectivity index (χ1) is 7.11. The van der Waals surface area contributed by atoms with Crippen molar-refractivity contribution < 1.29 is 0 Å². The molecule has 2 N–H and O–H groups in total. The smallest absolute Gasteiger partial charge is 0.0496 e. The number of nitrogens with two attached hydrogens (primary N) is 1. The summed E-state index contributed by atoms with van der Waals surface area (Å²) in [6, 6.07) is 5.61. The highest BCUT2D eigenvalue weighted by molar-refractivity contribution is 6.36. The lowest BCUT2D eigenvalue weighted by Crippen LogP contribution is -2.30. The van der Waals surface area contributed by atoms with Crippen LogP contribution < -0.4 is 5.73 Å². The molecule has 2 nitrogen and oxygen atoms in total. The number of nitrogens with zero attached hydrogens (tertiary/aromatic N) is 1. The first kappa shape index (κ1) is 12.8. The normalized spacial score (nSPS) is 13.2. The van der Waals surface area contributed by atoms with Crippen molar-refractivity contribution >= 4 is 23.2 Å². The zero-order valence-corrected chi connectivity index (χ0v) is 10.5. The lowest BCUT2D eigenvalue weighted by Gasteiger charge is -2.27. The Bertz CT molecular complexity index is 308. The third-order valence-electron chi connectivity index (χ3n) is 2.59. The summed E-state index contributed by atoms with van der Waals surface area (Å²) in [6.45, 7) is 3.49. The van der Waals surface area contributed by atoms with E-state index in [1.54, 1.807) is 0 Å². The molecule has 1 unspecified atom stereocenters. The second-order valence-electron chi connectivity index (χ2n) is 3.46. The minimum Gasteiger partial charge on any atom is -0.329 e. The molecule has 0 fully saturated rings. The molecule has 0 amide bonds. The minimum absolute atomic E-state index is 0.0798.